The Hall–Kier alpha value is -4.32. The molecule has 2 aromatic carbocycles. The highest BCUT2D eigenvalue weighted by Crippen LogP contribution is 2.44. The fourth-order valence-corrected chi connectivity index (χ4v) is 6.08. The van der Waals surface area contributed by atoms with Crippen molar-refractivity contribution in [1.29, 1.82) is 5.26 Å². The number of piperidine rings is 1. The summed E-state index contributed by atoms with van der Waals surface area (Å²) in [4.78, 5) is 24.8. The monoisotopic (exact) mass is 547 g/mol. The lowest BCUT2D eigenvalue weighted by Crippen LogP contribution is -2.32. The van der Waals surface area contributed by atoms with Crippen LogP contribution in [0.5, 0.6) is 5.75 Å². The molecule has 0 amide bonds. The van der Waals surface area contributed by atoms with Crippen LogP contribution in [0, 0.1) is 17.2 Å². The number of nitrogens with zero attached hydrogens (tertiary/aromatic N) is 5. The maximum absolute atomic E-state index is 13.3. The van der Waals surface area contributed by atoms with Gasteiger partial charge >= 0.3 is 0 Å². The van der Waals surface area contributed by atoms with Gasteiger partial charge in [0.25, 0.3) is 5.56 Å². The van der Waals surface area contributed by atoms with E-state index in [1.165, 1.54) is 0 Å². The number of aliphatic hydroxyl groups is 1. The number of nitriles is 1. The second-order valence-corrected chi connectivity index (χ2v) is 11.0. The van der Waals surface area contributed by atoms with Gasteiger partial charge in [-0.05, 0) is 86.3 Å². The maximum atomic E-state index is 13.3. The molecular formula is C33H33N5O3. The molecule has 8 nitrogen and oxygen atoms in total. The van der Waals surface area contributed by atoms with Crippen LogP contribution in [0.2, 0.25) is 0 Å². The van der Waals surface area contributed by atoms with Gasteiger partial charge in [-0.3, -0.25) is 4.79 Å². The summed E-state index contributed by atoms with van der Waals surface area (Å²) in [5, 5.41) is 20.7. The van der Waals surface area contributed by atoms with E-state index in [9.17, 15) is 15.2 Å². The van der Waals surface area contributed by atoms with E-state index in [4.69, 9.17) is 4.74 Å². The van der Waals surface area contributed by atoms with E-state index in [0.717, 1.165) is 48.2 Å². The van der Waals surface area contributed by atoms with E-state index in [1.54, 1.807) is 47.3 Å². The third kappa shape index (κ3) is 5.15. The number of hydrogen-bond acceptors (Lipinski definition) is 7. The first-order chi connectivity index (χ1) is 20.0. The lowest BCUT2D eigenvalue weighted by Gasteiger charge is -2.28. The Morgan fingerprint density at radius 3 is 2.59 bits per heavy atom. The highest BCUT2D eigenvalue weighted by molar-refractivity contribution is 5.78. The first kappa shape index (κ1) is 26.9. The van der Waals surface area contributed by atoms with Crippen LogP contribution in [0.4, 0.5) is 0 Å². The van der Waals surface area contributed by atoms with Crippen molar-refractivity contribution in [2.45, 2.75) is 38.3 Å². The third-order valence-electron chi connectivity index (χ3n) is 8.37. The first-order valence-corrected chi connectivity index (χ1v) is 14.2. The van der Waals surface area contributed by atoms with Crippen molar-refractivity contribution in [2.75, 3.05) is 26.7 Å². The zero-order valence-electron chi connectivity index (χ0n) is 23.3. The molecule has 8 heteroatoms. The fourth-order valence-electron chi connectivity index (χ4n) is 6.08. The molecule has 3 heterocycles. The number of rotatable bonds is 7. The first-order valence-electron chi connectivity index (χ1n) is 14.2. The average Bonchev–Trinajstić information content (AvgIpc) is 3.29. The van der Waals surface area contributed by atoms with Gasteiger partial charge in [-0.15, -0.1) is 0 Å². The molecule has 2 aromatic heterocycles. The molecule has 0 saturated carbocycles. The van der Waals surface area contributed by atoms with E-state index < -0.39 is 6.10 Å². The molecule has 1 aliphatic heterocycles. The number of ether oxygens (including phenoxy) is 1. The SMILES string of the molecule is CCC(c1cccc(-c2ncc(OCC3CCN(C)CC3)cn2)c1)n1c2c(ccc1=O)-c1cc(C#N)ccc1C2O. The Kier molecular flexibility index (Phi) is 7.39. The predicted molar refractivity (Wildman–Crippen MR) is 157 cm³/mol. The summed E-state index contributed by atoms with van der Waals surface area (Å²) in [6.07, 6.45) is 5.40. The average molecular weight is 548 g/mol. The smallest absolute Gasteiger partial charge is 0.251 e. The molecule has 2 atom stereocenters. The summed E-state index contributed by atoms with van der Waals surface area (Å²) in [5.74, 6) is 1.79. The molecule has 1 fully saturated rings. The summed E-state index contributed by atoms with van der Waals surface area (Å²) in [7, 11) is 2.15. The Morgan fingerprint density at radius 2 is 1.85 bits per heavy atom. The van der Waals surface area contributed by atoms with Crippen molar-refractivity contribution < 1.29 is 9.84 Å². The zero-order chi connectivity index (χ0) is 28.5. The maximum Gasteiger partial charge on any atom is 0.251 e. The Balaban J connectivity index is 1.27. The fraction of sp³-hybridized carbons (Fsp3) is 0.333. The van der Waals surface area contributed by atoms with Gasteiger partial charge in [0, 0.05) is 17.2 Å². The van der Waals surface area contributed by atoms with Crippen molar-refractivity contribution in [2.24, 2.45) is 5.92 Å². The predicted octanol–water partition coefficient (Wildman–Crippen LogP) is 4.96. The minimum atomic E-state index is -0.954. The van der Waals surface area contributed by atoms with Crippen molar-refractivity contribution in [3.8, 4) is 34.3 Å². The largest absolute Gasteiger partial charge is 0.490 e. The van der Waals surface area contributed by atoms with Gasteiger partial charge in [0.05, 0.1) is 42.4 Å². The molecule has 0 radical (unpaired) electrons. The molecule has 1 aliphatic carbocycles. The zero-order valence-corrected chi connectivity index (χ0v) is 23.3. The standard InChI is InChI=1S/C33H33N5O3/c1-3-29(38-30(39)10-9-26-28-15-22(17-34)7-8-27(28)32(40)31(26)38)23-5-4-6-24(16-23)33-35-18-25(19-36-33)41-20-21-11-13-37(2)14-12-21/h4-10,15-16,18-19,21,29,32,40H,3,11-14,20H2,1-2H3. The molecule has 2 unspecified atom stereocenters. The number of likely N-dealkylation sites (tertiary alicyclic amines) is 1. The van der Waals surface area contributed by atoms with E-state index in [0.29, 0.717) is 47.3 Å². The van der Waals surface area contributed by atoms with E-state index in [2.05, 4.69) is 28.0 Å². The Labute approximate surface area is 239 Å². The van der Waals surface area contributed by atoms with E-state index >= 15 is 0 Å². The number of hydrogen-bond donors (Lipinski definition) is 1. The summed E-state index contributed by atoms with van der Waals surface area (Å²) < 4.78 is 7.69. The molecule has 0 bridgehead atoms. The van der Waals surface area contributed by atoms with Crippen molar-refractivity contribution >= 4 is 0 Å². The van der Waals surface area contributed by atoms with Gasteiger partial charge in [-0.2, -0.15) is 5.26 Å². The van der Waals surface area contributed by atoms with Crippen molar-refractivity contribution in [3.63, 3.8) is 0 Å². The molecule has 208 valence electrons. The van der Waals surface area contributed by atoms with Crippen LogP contribution >= 0.6 is 0 Å². The molecule has 41 heavy (non-hydrogen) atoms. The van der Waals surface area contributed by atoms with E-state index in [-0.39, 0.29) is 11.6 Å². The molecule has 0 spiro atoms. The Bertz CT molecular complexity index is 1670. The van der Waals surface area contributed by atoms with Gasteiger partial charge in [0.1, 0.15) is 6.10 Å². The second kappa shape index (κ2) is 11.3. The highest BCUT2D eigenvalue weighted by Gasteiger charge is 2.33. The van der Waals surface area contributed by atoms with Crippen LogP contribution in [0.25, 0.3) is 22.5 Å². The number of aliphatic hydroxyl groups excluding tert-OH is 1. The number of aromatic nitrogens is 3. The van der Waals surface area contributed by atoms with Crippen LogP contribution in [0.3, 0.4) is 0 Å². The van der Waals surface area contributed by atoms with Gasteiger partial charge < -0.3 is 19.3 Å². The van der Waals surface area contributed by atoms with Gasteiger partial charge in [-0.1, -0.05) is 31.2 Å². The normalized spacial score (nSPS) is 17.5. The lowest BCUT2D eigenvalue weighted by molar-refractivity contribution is 0.159. The van der Waals surface area contributed by atoms with Gasteiger partial charge in [0.2, 0.25) is 0 Å². The number of fused-ring (bicyclic) bond motifs is 3. The van der Waals surface area contributed by atoms with Crippen LogP contribution in [-0.4, -0.2) is 51.3 Å². The van der Waals surface area contributed by atoms with Crippen molar-refractivity contribution in [3.05, 3.63) is 99.7 Å². The summed E-state index contributed by atoms with van der Waals surface area (Å²) in [6.45, 7) is 4.90. The molecular weight excluding hydrogens is 514 g/mol. The topological polar surface area (TPSA) is 104 Å². The Morgan fingerprint density at radius 1 is 1.07 bits per heavy atom. The minimum Gasteiger partial charge on any atom is -0.490 e. The van der Waals surface area contributed by atoms with Gasteiger partial charge in [-0.25, -0.2) is 9.97 Å². The minimum absolute atomic E-state index is 0.185. The van der Waals surface area contributed by atoms with Crippen LogP contribution in [-0.2, 0) is 0 Å². The van der Waals surface area contributed by atoms with Crippen LogP contribution in [0.1, 0.15) is 60.7 Å². The third-order valence-corrected chi connectivity index (χ3v) is 8.37. The summed E-state index contributed by atoms with van der Waals surface area (Å²) >= 11 is 0. The molecule has 1 saturated heterocycles. The quantitative estimate of drug-likeness (QED) is 0.349. The molecule has 2 aliphatic rings. The number of pyridine rings is 1. The van der Waals surface area contributed by atoms with Crippen LogP contribution < -0.4 is 10.3 Å². The van der Waals surface area contributed by atoms with Crippen molar-refractivity contribution in [1.82, 2.24) is 19.4 Å². The molecule has 6 rings (SSSR count). The summed E-state index contributed by atoms with van der Waals surface area (Å²) in [5.41, 5.74) is 4.91. The van der Waals surface area contributed by atoms with Crippen LogP contribution in [0.15, 0.2) is 71.8 Å². The second-order valence-electron chi connectivity index (χ2n) is 11.0. The summed E-state index contributed by atoms with van der Waals surface area (Å²) in [6, 6.07) is 18.3. The molecule has 4 aromatic rings. The lowest BCUT2D eigenvalue weighted by atomic mass is 9.98. The highest BCUT2D eigenvalue weighted by atomic mass is 16.5. The number of benzene rings is 2. The van der Waals surface area contributed by atoms with E-state index in [1.807, 2.05) is 31.2 Å². The molecule has 1 N–H and O–H groups in total. The van der Waals surface area contributed by atoms with Gasteiger partial charge in [0.15, 0.2) is 11.6 Å².